The van der Waals surface area contributed by atoms with E-state index in [9.17, 15) is 4.79 Å². The zero-order valence-corrected chi connectivity index (χ0v) is 13.9. The molecule has 1 unspecified atom stereocenters. The van der Waals surface area contributed by atoms with E-state index in [0.29, 0.717) is 5.92 Å². The van der Waals surface area contributed by atoms with Crippen LogP contribution in [0.3, 0.4) is 0 Å². The lowest BCUT2D eigenvalue weighted by atomic mass is 9.85. The maximum Gasteiger partial charge on any atom is 0.240 e. The van der Waals surface area contributed by atoms with Gasteiger partial charge in [-0.05, 0) is 41.9 Å². The maximum atomic E-state index is 12.4. The Morgan fingerprint density at radius 2 is 1.76 bits per heavy atom. The van der Waals surface area contributed by atoms with Gasteiger partial charge in [-0.15, -0.1) is 0 Å². The molecule has 1 fully saturated rings. The standard InChI is InChI=1S/C17H25ClN2O/c1-17(2,3)15(19)16(21)20-10-8-13(9-11-20)12-4-6-14(18)7-5-12/h4-7,13,15H,8-11,19H2,1-3H3. The molecule has 0 bridgehead atoms. The number of likely N-dealkylation sites (tertiary alicyclic amines) is 1. The summed E-state index contributed by atoms with van der Waals surface area (Å²) in [6.07, 6.45) is 1.98. The molecule has 116 valence electrons. The van der Waals surface area contributed by atoms with Gasteiger partial charge >= 0.3 is 0 Å². The average Bonchev–Trinajstić information content (AvgIpc) is 2.46. The summed E-state index contributed by atoms with van der Waals surface area (Å²) >= 11 is 5.93. The van der Waals surface area contributed by atoms with Gasteiger partial charge in [-0.25, -0.2) is 0 Å². The van der Waals surface area contributed by atoms with Gasteiger partial charge in [0.05, 0.1) is 6.04 Å². The minimum atomic E-state index is -0.426. The Morgan fingerprint density at radius 3 is 2.24 bits per heavy atom. The van der Waals surface area contributed by atoms with Gasteiger partial charge in [0, 0.05) is 18.1 Å². The molecule has 1 heterocycles. The summed E-state index contributed by atoms with van der Waals surface area (Å²) in [5.41, 5.74) is 7.20. The summed E-state index contributed by atoms with van der Waals surface area (Å²) in [7, 11) is 0. The minimum Gasteiger partial charge on any atom is -0.341 e. The molecule has 4 heteroatoms. The number of carbonyl (C=O) groups excluding carboxylic acids is 1. The Kier molecular flexibility index (Phi) is 4.95. The van der Waals surface area contributed by atoms with E-state index >= 15 is 0 Å². The zero-order valence-electron chi connectivity index (χ0n) is 13.1. The van der Waals surface area contributed by atoms with E-state index in [2.05, 4.69) is 12.1 Å². The Hall–Kier alpha value is -1.06. The van der Waals surface area contributed by atoms with Gasteiger partial charge in [0.2, 0.25) is 5.91 Å². The fourth-order valence-corrected chi connectivity index (χ4v) is 2.86. The summed E-state index contributed by atoms with van der Waals surface area (Å²) in [5, 5.41) is 0.766. The summed E-state index contributed by atoms with van der Waals surface area (Å²) in [6.45, 7) is 7.61. The lowest BCUT2D eigenvalue weighted by Crippen LogP contribution is -2.52. The third-order valence-corrected chi connectivity index (χ3v) is 4.60. The fourth-order valence-electron chi connectivity index (χ4n) is 2.74. The van der Waals surface area contributed by atoms with Crippen molar-refractivity contribution in [3.8, 4) is 0 Å². The van der Waals surface area contributed by atoms with Crippen LogP contribution in [-0.4, -0.2) is 29.9 Å². The van der Waals surface area contributed by atoms with Gasteiger partial charge in [-0.3, -0.25) is 4.79 Å². The number of nitrogens with zero attached hydrogens (tertiary/aromatic N) is 1. The Balaban J connectivity index is 1.94. The fraction of sp³-hybridized carbons (Fsp3) is 0.588. The molecule has 1 aromatic rings. The van der Waals surface area contributed by atoms with Crippen molar-refractivity contribution in [3.05, 3.63) is 34.9 Å². The first-order chi connectivity index (χ1) is 9.79. The van der Waals surface area contributed by atoms with Gasteiger partial charge in [0.25, 0.3) is 0 Å². The van der Waals surface area contributed by atoms with Crippen molar-refractivity contribution in [3.63, 3.8) is 0 Å². The number of carbonyl (C=O) groups is 1. The number of halogens is 1. The second-order valence-corrected chi connectivity index (χ2v) is 7.43. The second kappa shape index (κ2) is 6.37. The molecule has 1 aromatic carbocycles. The van der Waals surface area contributed by atoms with Crippen molar-refractivity contribution >= 4 is 17.5 Å². The highest BCUT2D eigenvalue weighted by atomic mass is 35.5. The van der Waals surface area contributed by atoms with Gasteiger partial charge in [-0.2, -0.15) is 0 Å². The van der Waals surface area contributed by atoms with E-state index in [1.165, 1.54) is 5.56 Å². The molecule has 1 saturated heterocycles. The Morgan fingerprint density at radius 1 is 1.24 bits per heavy atom. The summed E-state index contributed by atoms with van der Waals surface area (Å²) in [4.78, 5) is 14.3. The quantitative estimate of drug-likeness (QED) is 0.910. The van der Waals surface area contributed by atoms with E-state index in [1.807, 2.05) is 37.8 Å². The number of rotatable bonds is 2. The number of piperidine rings is 1. The van der Waals surface area contributed by atoms with E-state index in [-0.39, 0.29) is 11.3 Å². The van der Waals surface area contributed by atoms with Crippen LogP contribution in [0.1, 0.15) is 45.1 Å². The smallest absolute Gasteiger partial charge is 0.240 e. The molecule has 0 spiro atoms. The van der Waals surface area contributed by atoms with Crippen molar-refractivity contribution in [1.82, 2.24) is 4.90 Å². The number of amides is 1. The molecule has 1 amide bonds. The first-order valence-corrected chi connectivity index (χ1v) is 7.96. The summed E-state index contributed by atoms with van der Waals surface area (Å²) in [6, 6.07) is 7.62. The molecule has 1 aliphatic heterocycles. The van der Waals surface area contributed by atoms with E-state index in [1.54, 1.807) is 0 Å². The van der Waals surface area contributed by atoms with E-state index in [0.717, 1.165) is 31.0 Å². The minimum absolute atomic E-state index is 0.0806. The van der Waals surface area contributed by atoms with Gasteiger partial charge in [0.15, 0.2) is 0 Å². The summed E-state index contributed by atoms with van der Waals surface area (Å²) < 4.78 is 0. The molecule has 1 aliphatic rings. The molecule has 0 aliphatic carbocycles. The van der Waals surface area contributed by atoms with Crippen LogP contribution in [0.4, 0.5) is 0 Å². The van der Waals surface area contributed by atoms with E-state index in [4.69, 9.17) is 17.3 Å². The zero-order chi connectivity index (χ0) is 15.6. The predicted octanol–water partition coefficient (Wildman–Crippen LogP) is 3.42. The molecule has 0 radical (unpaired) electrons. The molecule has 3 nitrogen and oxygen atoms in total. The topological polar surface area (TPSA) is 46.3 Å². The molecular weight excluding hydrogens is 284 g/mol. The van der Waals surface area contributed by atoms with Crippen molar-refractivity contribution in [2.45, 2.75) is 45.6 Å². The van der Waals surface area contributed by atoms with Gasteiger partial charge < -0.3 is 10.6 Å². The van der Waals surface area contributed by atoms with Crippen molar-refractivity contribution < 1.29 is 4.79 Å². The van der Waals surface area contributed by atoms with Crippen molar-refractivity contribution in [1.29, 1.82) is 0 Å². The van der Waals surface area contributed by atoms with Crippen LogP contribution in [0.5, 0.6) is 0 Å². The van der Waals surface area contributed by atoms with Gasteiger partial charge in [0.1, 0.15) is 0 Å². The average molecular weight is 309 g/mol. The van der Waals surface area contributed by atoms with Crippen LogP contribution >= 0.6 is 11.6 Å². The molecule has 0 saturated carbocycles. The first kappa shape index (κ1) is 16.3. The molecular formula is C17H25ClN2O. The third-order valence-electron chi connectivity index (χ3n) is 4.35. The molecule has 2 rings (SSSR count). The first-order valence-electron chi connectivity index (χ1n) is 7.59. The molecule has 0 aromatic heterocycles. The highest BCUT2D eigenvalue weighted by molar-refractivity contribution is 6.30. The van der Waals surface area contributed by atoms with Crippen LogP contribution in [0.2, 0.25) is 5.02 Å². The molecule has 1 atom stereocenters. The Labute approximate surface area is 132 Å². The third kappa shape index (κ3) is 3.98. The number of benzene rings is 1. The highest BCUT2D eigenvalue weighted by Gasteiger charge is 2.33. The van der Waals surface area contributed by atoms with E-state index < -0.39 is 6.04 Å². The second-order valence-electron chi connectivity index (χ2n) is 6.99. The maximum absolute atomic E-state index is 12.4. The SMILES string of the molecule is CC(C)(C)C(N)C(=O)N1CCC(c2ccc(Cl)cc2)CC1. The largest absolute Gasteiger partial charge is 0.341 e. The van der Waals surface area contributed by atoms with Crippen LogP contribution in [0.15, 0.2) is 24.3 Å². The Bertz CT molecular complexity index is 485. The normalized spacial score (nSPS) is 18.6. The lowest BCUT2D eigenvalue weighted by Gasteiger charge is -2.36. The van der Waals surface area contributed by atoms with Gasteiger partial charge in [-0.1, -0.05) is 44.5 Å². The van der Waals surface area contributed by atoms with Crippen molar-refractivity contribution in [2.24, 2.45) is 11.1 Å². The monoisotopic (exact) mass is 308 g/mol. The summed E-state index contributed by atoms with van der Waals surface area (Å²) in [5.74, 6) is 0.592. The predicted molar refractivity (Wildman–Crippen MR) is 87.4 cm³/mol. The lowest BCUT2D eigenvalue weighted by molar-refractivity contribution is -0.136. The van der Waals surface area contributed by atoms with Crippen LogP contribution in [0.25, 0.3) is 0 Å². The van der Waals surface area contributed by atoms with Crippen LogP contribution in [0, 0.1) is 5.41 Å². The molecule has 21 heavy (non-hydrogen) atoms. The number of hydrogen-bond donors (Lipinski definition) is 1. The van der Waals surface area contributed by atoms with Crippen LogP contribution in [-0.2, 0) is 4.79 Å². The molecule has 2 N–H and O–H groups in total. The van der Waals surface area contributed by atoms with Crippen molar-refractivity contribution in [2.75, 3.05) is 13.1 Å². The number of hydrogen-bond acceptors (Lipinski definition) is 2. The highest BCUT2D eigenvalue weighted by Crippen LogP contribution is 2.30. The number of nitrogens with two attached hydrogens (primary N) is 1. The van der Waals surface area contributed by atoms with Crippen LogP contribution < -0.4 is 5.73 Å².